The van der Waals surface area contributed by atoms with Crippen LogP contribution in [-0.2, 0) is 26.5 Å². The number of fused-ring (bicyclic) bond motifs is 1. The summed E-state index contributed by atoms with van der Waals surface area (Å²) in [6.07, 6.45) is 2.00. The Morgan fingerprint density at radius 3 is 2.63 bits per heavy atom. The van der Waals surface area contributed by atoms with Crippen molar-refractivity contribution in [2.75, 3.05) is 19.8 Å². The van der Waals surface area contributed by atoms with Crippen LogP contribution in [0.4, 0.5) is 4.79 Å². The van der Waals surface area contributed by atoms with E-state index in [1.54, 1.807) is 36.4 Å². The number of amidine groups is 1. The number of halogens is 1. The zero-order valence-electron chi connectivity index (χ0n) is 20.7. The molecule has 3 amide bonds. The van der Waals surface area contributed by atoms with Crippen LogP contribution < -0.4 is 15.8 Å². The van der Waals surface area contributed by atoms with Crippen molar-refractivity contribution < 1.29 is 29.0 Å². The van der Waals surface area contributed by atoms with E-state index in [9.17, 15) is 19.5 Å². The molecule has 0 bridgehead atoms. The van der Waals surface area contributed by atoms with Gasteiger partial charge in [0.1, 0.15) is 17.6 Å². The van der Waals surface area contributed by atoms with E-state index in [0.717, 1.165) is 18.4 Å². The molecule has 38 heavy (non-hydrogen) atoms. The minimum absolute atomic E-state index is 0.0545. The van der Waals surface area contributed by atoms with Crippen molar-refractivity contribution in [1.29, 1.82) is 0 Å². The molecule has 1 saturated carbocycles. The highest BCUT2D eigenvalue weighted by molar-refractivity contribution is 6.30. The number of benzene rings is 2. The number of nitrogens with zero attached hydrogens (tertiary/aromatic N) is 2. The molecule has 2 heterocycles. The van der Waals surface area contributed by atoms with Gasteiger partial charge in [0.05, 0.1) is 13.2 Å². The van der Waals surface area contributed by atoms with E-state index >= 15 is 0 Å². The fourth-order valence-electron chi connectivity index (χ4n) is 4.53. The molecule has 1 aliphatic carbocycles. The lowest BCUT2D eigenvalue weighted by Gasteiger charge is -2.45. The van der Waals surface area contributed by atoms with Gasteiger partial charge >= 0.3 is 6.09 Å². The molecule has 2 fully saturated rings. The van der Waals surface area contributed by atoms with Crippen molar-refractivity contribution in [2.45, 2.75) is 43.9 Å². The molecular formula is C27H29ClN4O6. The fraction of sp³-hybridized carbons (Fsp3) is 0.407. The monoisotopic (exact) mass is 540 g/mol. The maximum absolute atomic E-state index is 13.4. The molecular weight excluding hydrogens is 512 g/mol. The summed E-state index contributed by atoms with van der Waals surface area (Å²) >= 11 is 6.10. The van der Waals surface area contributed by atoms with Crippen LogP contribution in [0, 0.1) is 5.92 Å². The molecule has 2 aromatic carbocycles. The summed E-state index contributed by atoms with van der Waals surface area (Å²) < 4.78 is 10.6. The van der Waals surface area contributed by atoms with E-state index in [1.165, 1.54) is 11.0 Å². The Hall–Kier alpha value is -3.63. The third-order valence-electron chi connectivity index (χ3n) is 7.11. The Labute approximate surface area is 224 Å². The number of aliphatic imine (C=N–C) groups is 1. The van der Waals surface area contributed by atoms with Crippen molar-refractivity contribution >= 4 is 35.3 Å². The van der Waals surface area contributed by atoms with E-state index in [1.807, 2.05) is 0 Å². The number of rotatable bonds is 7. The zero-order chi connectivity index (χ0) is 26.9. The molecule has 2 aliphatic heterocycles. The minimum atomic E-state index is -1.81. The molecule has 3 aliphatic rings. The molecule has 0 aromatic heterocycles. The van der Waals surface area contributed by atoms with Crippen LogP contribution in [-0.4, -0.2) is 59.6 Å². The lowest BCUT2D eigenvalue weighted by Crippen LogP contribution is -2.63. The standard InChI is InChI=1S/C27H29ClN4O6/c28-19-7-8-22-20(13-19)27(36,10-12-37-22)25(34)32-11-9-21(32)24(33)30-14-16-3-5-18(6-4-16)23(29)31-26(35)38-15-17-1-2-17/h3-8,13,17,21,36H,1-2,9-12,14-15H2,(H,30,33)(H2,29,31,35). The molecule has 5 rings (SSSR count). The van der Waals surface area contributed by atoms with Gasteiger partial charge in [0.15, 0.2) is 5.60 Å². The molecule has 1 saturated heterocycles. The summed E-state index contributed by atoms with van der Waals surface area (Å²) in [7, 11) is 0. The van der Waals surface area contributed by atoms with Gasteiger partial charge in [-0.2, -0.15) is 4.99 Å². The van der Waals surface area contributed by atoms with E-state index in [4.69, 9.17) is 26.8 Å². The van der Waals surface area contributed by atoms with Gasteiger partial charge in [-0.05, 0) is 48.9 Å². The van der Waals surface area contributed by atoms with E-state index in [2.05, 4.69) is 10.3 Å². The Kier molecular flexibility index (Phi) is 7.27. The molecule has 2 atom stereocenters. The number of carbonyl (C=O) groups excluding carboxylic acids is 3. The van der Waals surface area contributed by atoms with Gasteiger partial charge in [0.25, 0.3) is 5.91 Å². The number of nitrogens with one attached hydrogen (secondary N) is 1. The van der Waals surface area contributed by atoms with Crippen molar-refractivity contribution in [2.24, 2.45) is 16.6 Å². The number of hydrogen-bond acceptors (Lipinski definition) is 6. The number of nitrogens with two attached hydrogens (primary N) is 1. The van der Waals surface area contributed by atoms with Gasteiger partial charge in [0, 0.05) is 35.7 Å². The van der Waals surface area contributed by atoms with Gasteiger partial charge in [-0.3, -0.25) is 9.59 Å². The van der Waals surface area contributed by atoms with Gasteiger partial charge in [-0.15, -0.1) is 0 Å². The topological polar surface area (TPSA) is 144 Å². The summed E-state index contributed by atoms with van der Waals surface area (Å²) in [5.74, 6) is 0.0549. The Morgan fingerprint density at radius 1 is 1.18 bits per heavy atom. The predicted molar refractivity (Wildman–Crippen MR) is 139 cm³/mol. The lowest BCUT2D eigenvalue weighted by molar-refractivity contribution is -0.167. The second-order valence-electron chi connectivity index (χ2n) is 9.83. The third kappa shape index (κ3) is 5.46. The second-order valence-corrected chi connectivity index (χ2v) is 10.3. The summed E-state index contributed by atoms with van der Waals surface area (Å²) in [5, 5.41) is 14.6. The first-order chi connectivity index (χ1) is 18.2. The van der Waals surface area contributed by atoms with Crippen LogP contribution in [0.25, 0.3) is 0 Å². The molecule has 11 heteroatoms. The number of hydrogen-bond donors (Lipinski definition) is 3. The maximum atomic E-state index is 13.4. The predicted octanol–water partition coefficient (Wildman–Crippen LogP) is 2.48. The number of aliphatic hydroxyl groups is 1. The molecule has 200 valence electrons. The quantitative estimate of drug-likeness (QED) is 0.361. The van der Waals surface area contributed by atoms with Crippen LogP contribution in [0.2, 0.25) is 5.02 Å². The number of likely N-dealkylation sites (tertiary alicyclic amines) is 1. The summed E-state index contributed by atoms with van der Waals surface area (Å²) in [4.78, 5) is 43.2. The van der Waals surface area contributed by atoms with Crippen LogP contribution in [0.1, 0.15) is 42.4 Å². The Bertz CT molecular complexity index is 1280. The van der Waals surface area contributed by atoms with Gasteiger partial charge < -0.3 is 30.5 Å². The van der Waals surface area contributed by atoms with Crippen LogP contribution in [0.15, 0.2) is 47.5 Å². The normalized spacial score (nSPS) is 22.5. The highest BCUT2D eigenvalue weighted by Crippen LogP contribution is 2.41. The van der Waals surface area contributed by atoms with Gasteiger partial charge in [-0.1, -0.05) is 35.9 Å². The molecule has 2 aromatic rings. The van der Waals surface area contributed by atoms with Crippen LogP contribution in [0.3, 0.4) is 0 Å². The van der Waals surface area contributed by atoms with Crippen molar-refractivity contribution in [1.82, 2.24) is 10.2 Å². The van der Waals surface area contributed by atoms with Crippen molar-refractivity contribution in [3.8, 4) is 5.75 Å². The molecule has 10 nitrogen and oxygen atoms in total. The zero-order valence-corrected chi connectivity index (χ0v) is 21.4. The number of ether oxygens (including phenoxy) is 2. The van der Waals surface area contributed by atoms with Gasteiger partial charge in [0.2, 0.25) is 5.91 Å². The average molecular weight is 541 g/mol. The van der Waals surface area contributed by atoms with E-state index < -0.39 is 23.6 Å². The number of amides is 3. The molecule has 4 N–H and O–H groups in total. The lowest BCUT2D eigenvalue weighted by atomic mass is 9.84. The summed E-state index contributed by atoms with van der Waals surface area (Å²) in [5.41, 5.74) is 5.78. The van der Waals surface area contributed by atoms with Crippen LogP contribution >= 0.6 is 11.6 Å². The average Bonchev–Trinajstić information content (AvgIpc) is 3.71. The molecule has 0 radical (unpaired) electrons. The molecule has 0 spiro atoms. The first kappa shape index (κ1) is 26.0. The van der Waals surface area contributed by atoms with E-state index in [-0.39, 0.29) is 31.3 Å². The molecule has 2 unspecified atom stereocenters. The Morgan fingerprint density at radius 2 is 1.95 bits per heavy atom. The smallest absolute Gasteiger partial charge is 0.435 e. The SMILES string of the molecule is N/C(=N\C(=O)OCC1CC1)c1ccc(CNC(=O)C2CCN2C(=O)C2(O)CCOc3ccc(Cl)cc32)cc1. The summed E-state index contributed by atoms with van der Waals surface area (Å²) in [6, 6.07) is 11.1. The summed E-state index contributed by atoms with van der Waals surface area (Å²) in [6.45, 7) is 1.14. The second kappa shape index (κ2) is 10.6. The first-order valence-corrected chi connectivity index (χ1v) is 13.0. The maximum Gasteiger partial charge on any atom is 0.435 e. The van der Waals surface area contributed by atoms with Crippen LogP contribution in [0.5, 0.6) is 5.75 Å². The fourth-order valence-corrected chi connectivity index (χ4v) is 4.70. The number of carbonyl (C=O) groups is 3. The third-order valence-corrected chi connectivity index (χ3v) is 7.35. The minimum Gasteiger partial charge on any atom is -0.493 e. The highest BCUT2D eigenvalue weighted by Gasteiger charge is 2.50. The largest absolute Gasteiger partial charge is 0.493 e. The highest BCUT2D eigenvalue weighted by atomic mass is 35.5. The van der Waals surface area contributed by atoms with Crippen molar-refractivity contribution in [3.63, 3.8) is 0 Å². The van der Waals surface area contributed by atoms with Gasteiger partial charge in [-0.25, -0.2) is 4.79 Å². The Balaban J connectivity index is 1.16. The first-order valence-electron chi connectivity index (χ1n) is 12.6. The van der Waals surface area contributed by atoms with E-state index in [0.29, 0.717) is 47.4 Å². The van der Waals surface area contributed by atoms with Crippen molar-refractivity contribution in [3.05, 3.63) is 64.2 Å².